The van der Waals surface area contributed by atoms with Gasteiger partial charge in [0.1, 0.15) is 22.0 Å². The Hall–Kier alpha value is -3.76. The molecule has 0 spiro atoms. The van der Waals surface area contributed by atoms with E-state index in [0.29, 0.717) is 5.69 Å². The van der Waals surface area contributed by atoms with Crippen LogP contribution in [-0.4, -0.2) is 35.9 Å². The first-order valence-corrected chi connectivity index (χ1v) is 12.1. The van der Waals surface area contributed by atoms with Gasteiger partial charge in [-0.3, -0.25) is 14.4 Å². The molecule has 1 heterocycles. The average molecular weight is 595 g/mol. The summed E-state index contributed by atoms with van der Waals surface area (Å²) >= 11 is 24.4. The molecular weight excluding hydrogens is 580 g/mol. The molecule has 9 nitrogen and oxygen atoms in total. The standard InChI is InChI=1S/C25H15Cl4N3O6/c1-38-19-10-17(16(28)9-14(19)25(36)37)31-22(33)11-2-5-13(6-3-11)30-21-20(29)23(34)32(24(21)35)18-8-12(26)4-7-15(18)27/h2-10,30H,1H3,(H,31,33)(H,36,37). The zero-order valence-corrected chi connectivity index (χ0v) is 22.2. The summed E-state index contributed by atoms with van der Waals surface area (Å²) in [7, 11) is 1.29. The summed E-state index contributed by atoms with van der Waals surface area (Å²) in [5.41, 5.74) is 0.474. The van der Waals surface area contributed by atoms with Crippen LogP contribution in [0.4, 0.5) is 17.1 Å². The van der Waals surface area contributed by atoms with Crippen molar-refractivity contribution in [2.75, 3.05) is 22.6 Å². The number of carboxylic acids is 1. The Balaban J connectivity index is 1.51. The number of hydrogen-bond acceptors (Lipinski definition) is 6. The number of benzene rings is 3. The quantitative estimate of drug-likeness (QED) is 0.285. The van der Waals surface area contributed by atoms with E-state index in [1.807, 2.05) is 0 Å². The molecule has 0 aliphatic carbocycles. The van der Waals surface area contributed by atoms with E-state index in [-0.39, 0.29) is 54.0 Å². The number of ether oxygens (including phenoxy) is 1. The summed E-state index contributed by atoms with van der Waals surface area (Å²) in [5, 5.41) is 14.7. The van der Waals surface area contributed by atoms with Gasteiger partial charge in [0, 0.05) is 22.3 Å². The van der Waals surface area contributed by atoms with Crippen LogP contribution in [0.3, 0.4) is 0 Å². The minimum atomic E-state index is -1.24. The van der Waals surface area contributed by atoms with Gasteiger partial charge in [0.05, 0.1) is 28.5 Å². The van der Waals surface area contributed by atoms with Crippen molar-refractivity contribution < 1.29 is 29.0 Å². The second-order valence-electron chi connectivity index (χ2n) is 7.72. The molecule has 194 valence electrons. The molecule has 0 saturated carbocycles. The van der Waals surface area contributed by atoms with E-state index in [1.165, 1.54) is 61.7 Å². The second-order valence-corrected chi connectivity index (χ2v) is 9.35. The first-order chi connectivity index (χ1) is 18.0. The molecule has 4 rings (SSSR count). The largest absolute Gasteiger partial charge is 0.496 e. The number of anilines is 3. The van der Waals surface area contributed by atoms with Crippen LogP contribution in [0.25, 0.3) is 0 Å². The Kier molecular flexibility index (Phi) is 7.84. The molecule has 0 bridgehead atoms. The van der Waals surface area contributed by atoms with Crippen molar-refractivity contribution in [1.82, 2.24) is 0 Å². The highest BCUT2D eigenvalue weighted by molar-refractivity contribution is 6.54. The third-order valence-electron chi connectivity index (χ3n) is 5.36. The van der Waals surface area contributed by atoms with Crippen LogP contribution in [0.1, 0.15) is 20.7 Å². The Bertz CT molecular complexity index is 1540. The predicted octanol–water partition coefficient (Wildman–Crippen LogP) is 6.04. The normalized spacial score (nSPS) is 13.1. The number of amides is 3. The molecular formula is C25H15Cl4N3O6. The van der Waals surface area contributed by atoms with Gasteiger partial charge < -0.3 is 20.5 Å². The van der Waals surface area contributed by atoms with E-state index >= 15 is 0 Å². The van der Waals surface area contributed by atoms with Gasteiger partial charge in [0.2, 0.25) is 0 Å². The van der Waals surface area contributed by atoms with E-state index < -0.39 is 23.7 Å². The molecule has 3 N–H and O–H groups in total. The van der Waals surface area contributed by atoms with E-state index in [0.717, 1.165) is 4.90 Å². The van der Waals surface area contributed by atoms with Gasteiger partial charge in [-0.1, -0.05) is 46.4 Å². The number of aromatic carboxylic acids is 1. The van der Waals surface area contributed by atoms with Crippen LogP contribution in [0, 0.1) is 0 Å². The van der Waals surface area contributed by atoms with Crippen molar-refractivity contribution in [3.8, 4) is 5.75 Å². The van der Waals surface area contributed by atoms with Gasteiger partial charge in [0.25, 0.3) is 17.7 Å². The topological polar surface area (TPSA) is 125 Å². The fourth-order valence-electron chi connectivity index (χ4n) is 3.52. The van der Waals surface area contributed by atoms with E-state index in [4.69, 9.17) is 51.1 Å². The SMILES string of the molecule is COc1cc(NC(=O)c2ccc(NC3=C(Cl)C(=O)N(c4cc(Cl)ccc4Cl)C3=O)cc2)c(Cl)cc1C(=O)O. The number of nitrogens with one attached hydrogen (secondary N) is 2. The Morgan fingerprint density at radius 2 is 1.58 bits per heavy atom. The highest BCUT2D eigenvalue weighted by Gasteiger charge is 2.40. The van der Waals surface area contributed by atoms with Crippen LogP contribution in [0.5, 0.6) is 5.75 Å². The lowest BCUT2D eigenvalue weighted by molar-refractivity contribution is -0.120. The molecule has 3 aromatic carbocycles. The van der Waals surface area contributed by atoms with Crippen molar-refractivity contribution in [2.45, 2.75) is 0 Å². The minimum absolute atomic E-state index is 0.00481. The van der Waals surface area contributed by atoms with Crippen molar-refractivity contribution in [1.29, 1.82) is 0 Å². The molecule has 13 heteroatoms. The maximum Gasteiger partial charge on any atom is 0.339 e. The number of hydrogen-bond donors (Lipinski definition) is 3. The Morgan fingerprint density at radius 1 is 0.895 bits per heavy atom. The molecule has 0 unspecified atom stereocenters. The predicted molar refractivity (Wildman–Crippen MR) is 145 cm³/mol. The molecule has 38 heavy (non-hydrogen) atoms. The van der Waals surface area contributed by atoms with Gasteiger partial charge in [0.15, 0.2) is 0 Å². The van der Waals surface area contributed by atoms with Gasteiger partial charge >= 0.3 is 5.97 Å². The van der Waals surface area contributed by atoms with Gasteiger partial charge in [-0.2, -0.15) is 0 Å². The third kappa shape index (κ3) is 5.27. The van der Waals surface area contributed by atoms with Crippen LogP contribution in [0.15, 0.2) is 65.3 Å². The van der Waals surface area contributed by atoms with E-state index in [9.17, 15) is 24.3 Å². The van der Waals surface area contributed by atoms with Crippen molar-refractivity contribution in [2.24, 2.45) is 0 Å². The number of rotatable bonds is 7. The van der Waals surface area contributed by atoms with Gasteiger partial charge in [-0.25, -0.2) is 9.69 Å². The summed E-state index contributed by atoms with van der Waals surface area (Å²) in [6, 6.07) is 12.7. The number of halogens is 4. The molecule has 0 radical (unpaired) electrons. The third-order valence-corrected chi connectivity index (χ3v) is 6.58. The van der Waals surface area contributed by atoms with Crippen LogP contribution >= 0.6 is 46.4 Å². The molecule has 1 aliphatic heterocycles. The molecule has 1 aliphatic rings. The monoisotopic (exact) mass is 593 g/mol. The van der Waals surface area contributed by atoms with Gasteiger partial charge in [-0.15, -0.1) is 0 Å². The fourth-order valence-corrected chi connectivity index (χ4v) is 4.31. The zero-order chi connectivity index (χ0) is 27.7. The number of methoxy groups -OCH3 is 1. The number of carbonyl (C=O) groups is 4. The maximum absolute atomic E-state index is 13.0. The first-order valence-electron chi connectivity index (χ1n) is 10.5. The minimum Gasteiger partial charge on any atom is -0.496 e. The summed E-state index contributed by atoms with van der Waals surface area (Å²) in [5.74, 6) is -3.28. The average Bonchev–Trinajstić information content (AvgIpc) is 3.09. The van der Waals surface area contributed by atoms with Crippen LogP contribution < -0.4 is 20.3 Å². The lowest BCUT2D eigenvalue weighted by Crippen LogP contribution is -2.32. The summed E-state index contributed by atoms with van der Waals surface area (Å²) in [6.45, 7) is 0. The number of imide groups is 1. The zero-order valence-electron chi connectivity index (χ0n) is 19.1. The number of carbonyl (C=O) groups excluding carboxylic acids is 3. The van der Waals surface area contributed by atoms with Crippen molar-refractivity contribution in [3.63, 3.8) is 0 Å². The van der Waals surface area contributed by atoms with Crippen LogP contribution in [-0.2, 0) is 9.59 Å². The Labute approximate surface area is 235 Å². The fraction of sp³-hybridized carbons (Fsp3) is 0.0400. The van der Waals surface area contributed by atoms with E-state index in [2.05, 4.69) is 10.6 Å². The molecule has 0 fully saturated rings. The summed E-state index contributed by atoms with van der Waals surface area (Å²) in [4.78, 5) is 50.6. The summed E-state index contributed by atoms with van der Waals surface area (Å²) in [6.07, 6.45) is 0. The highest BCUT2D eigenvalue weighted by atomic mass is 35.5. The van der Waals surface area contributed by atoms with Crippen molar-refractivity contribution in [3.05, 3.63) is 91.5 Å². The van der Waals surface area contributed by atoms with Crippen LogP contribution in [0.2, 0.25) is 15.1 Å². The second kappa shape index (κ2) is 10.9. The summed E-state index contributed by atoms with van der Waals surface area (Å²) < 4.78 is 5.06. The van der Waals surface area contributed by atoms with E-state index in [1.54, 1.807) is 0 Å². The molecule has 0 saturated heterocycles. The molecule has 0 aromatic heterocycles. The van der Waals surface area contributed by atoms with Gasteiger partial charge in [-0.05, 0) is 48.5 Å². The molecule has 3 amide bonds. The molecule has 3 aromatic rings. The lowest BCUT2D eigenvalue weighted by Gasteiger charge is -2.17. The maximum atomic E-state index is 13.0. The molecule has 0 atom stereocenters. The lowest BCUT2D eigenvalue weighted by atomic mass is 10.1. The first kappa shape index (κ1) is 27.3. The Morgan fingerprint density at radius 3 is 2.21 bits per heavy atom. The number of nitrogens with zero attached hydrogens (tertiary/aromatic N) is 1. The van der Waals surface area contributed by atoms with Crippen molar-refractivity contribution >= 4 is 87.2 Å². The smallest absolute Gasteiger partial charge is 0.339 e. The highest BCUT2D eigenvalue weighted by Crippen LogP contribution is 2.36. The number of carboxylic acid groups (broad SMARTS) is 1.